The Morgan fingerprint density at radius 1 is 1.43 bits per heavy atom. The lowest BCUT2D eigenvalue weighted by Crippen LogP contribution is -2.26. The molecular weight excluding hydrogens is 176 g/mol. The molecule has 1 aromatic carbocycles. The number of benzene rings is 1. The third kappa shape index (κ3) is 1.63. The molecule has 1 amide bonds. The van der Waals surface area contributed by atoms with E-state index in [4.69, 9.17) is 0 Å². The number of hydrogen-bond donors (Lipinski definition) is 2. The van der Waals surface area contributed by atoms with Crippen LogP contribution in [-0.2, 0) is 4.79 Å². The molecule has 0 spiro atoms. The molecule has 0 saturated carbocycles. The van der Waals surface area contributed by atoms with E-state index in [0.717, 1.165) is 12.1 Å². The number of carbonyl (C=O) groups is 1. The Hall–Kier alpha value is -1.35. The molecule has 14 heavy (non-hydrogen) atoms. The van der Waals surface area contributed by atoms with Crippen LogP contribution in [0.4, 0.5) is 5.69 Å². The summed E-state index contributed by atoms with van der Waals surface area (Å²) in [7, 11) is 0. The average molecular weight is 190 g/mol. The van der Waals surface area contributed by atoms with Crippen LogP contribution < -0.4 is 10.6 Å². The van der Waals surface area contributed by atoms with Gasteiger partial charge < -0.3 is 10.6 Å². The summed E-state index contributed by atoms with van der Waals surface area (Å²) < 4.78 is 0. The lowest BCUT2D eigenvalue weighted by Gasteiger charge is -2.15. The highest BCUT2D eigenvalue weighted by Crippen LogP contribution is 2.26. The van der Waals surface area contributed by atoms with Crippen LogP contribution in [0, 0.1) is 0 Å². The van der Waals surface area contributed by atoms with Crippen molar-refractivity contribution in [2.45, 2.75) is 19.4 Å². The van der Waals surface area contributed by atoms with Crippen LogP contribution in [-0.4, -0.2) is 12.5 Å². The lowest BCUT2D eigenvalue weighted by molar-refractivity contribution is -0.115. The van der Waals surface area contributed by atoms with E-state index in [2.05, 4.69) is 23.6 Å². The summed E-state index contributed by atoms with van der Waals surface area (Å²) in [5.74, 6) is 0.0356. The summed E-state index contributed by atoms with van der Waals surface area (Å²) in [6.45, 7) is 2.51. The number of hydrogen-bond acceptors (Lipinski definition) is 2. The zero-order chi connectivity index (χ0) is 9.97. The molecule has 3 nitrogen and oxygen atoms in total. The van der Waals surface area contributed by atoms with Crippen molar-refractivity contribution in [3.05, 3.63) is 29.8 Å². The largest absolute Gasteiger partial charge is 0.325 e. The predicted octanol–water partition coefficient (Wildman–Crippen LogP) is 1.68. The first-order valence-corrected chi connectivity index (χ1v) is 4.93. The van der Waals surface area contributed by atoms with Gasteiger partial charge in [-0.2, -0.15) is 0 Å². The quantitative estimate of drug-likeness (QED) is 0.707. The number of nitrogens with one attached hydrogen (secondary N) is 2. The molecule has 1 unspecified atom stereocenters. The van der Waals surface area contributed by atoms with Crippen LogP contribution in [0.15, 0.2) is 24.3 Å². The van der Waals surface area contributed by atoms with Gasteiger partial charge in [0.05, 0.1) is 6.54 Å². The summed E-state index contributed by atoms with van der Waals surface area (Å²) in [6.07, 6.45) is 0.992. The van der Waals surface area contributed by atoms with Crippen molar-refractivity contribution < 1.29 is 4.79 Å². The van der Waals surface area contributed by atoms with Crippen molar-refractivity contribution in [3.8, 4) is 0 Å². The molecule has 2 rings (SSSR count). The first-order chi connectivity index (χ1) is 6.81. The van der Waals surface area contributed by atoms with Crippen molar-refractivity contribution in [1.29, 1.82) is 0 Å². The number of anilines is 1. The van der Waals surface area contributed by atoms with Gasteiger partial charge in [-0.05, 0) is 18.1 Å². The fourth-order valence-electron chi connectivity index (χ4n) is 1.80. The molecule has 0 fully saturated rings. The molecule has 1 aromatic rings. The molecule has 1 atom stereocenters. The Labute approximate surface area is 83.5 Å². The monoisotopic (exact) mass is 190 g/mol. The van der Waals surface area contributed by atoms with Gasteiger partial charge in [0, 0.05) is 11.7 Å². The van der Waals surface area contributed by atoms with E-state index in [1.165, 1.54) is 5.56 Å². The topological polar surface area (TPSA) is 41.1 Å². The van der Waals surface area contributed by atoms with Crippen LogP contribution in [0.3, 0.4) is 0 Å². The average Bonchev–Trinajstić information content (AvgIpc) is 2.36. The summed E-state index contributed by atoms with van der Waals surface area (Å²) in [5.41, 5.74) is 2.12. The van der Waals surface area contributed by atoms with E-state index in [1.807, 2.05) is 18.2 Å². The maximum absolute atomic E-state index is 11.3. The minimum absolute atomic E-state index is 0.0356. The third-order valence-corrected chi connectivity index (χ3v) is 2.53. The van der Waals surface area contributed by atoms with E-state index in [0.29, 0.717) is 6.54 Å². The Morgan fingerprint density at radius 2 is 2.21 bits per heavy atom. The minimum atomic E-state index is 0.0356. The Kier molecular flexibility index (Phi) is 2.50. The molecule has 1 aliphatic heterocycles. The zero-order valence-electron chi connectivity index (χ0n) is 8.21. The molecular formula is C11H14N2O. The molecule has 0 aromatic heterocycles. The number of amides is 1. The predicted molar refractivity (Wildman–Crippen MR) is 56.1 cm³/mol. The molecule has 0 saturated heterocycles. The Balaban J connectivity index is 2.40. The second-order valence-corrected chi connectivity index (χ2v) is 3.48. The molecule has 0 aliphatic carbocycles. The summed E-state index contributed by atoms with van der Waals surface area (Å²) in [5, 5.41) is 6.11. The van der Waals surface area contributed by atoms with Gasteiger partial charge in [-0.1, -0.05) is 25.1 Å². The standard InChI is InChI=1S/C11H14N2O/c1-2-9-8-5-3-4-6-10(8)13-11(14)7-12-9/h3-6,9,12H,2,7H2,1H3,(H,13,14). The van der Waals surface area contributed by atoms with E-state index in [1.54, 1.807) is 0 Å². The SMILES string of the molecule is CCC1NCC(=O)Nc2ccccc21. The molecule has 3 heteroatoms. The number of para-hydroxylation sites is 1. The normalized spacial score (nSPS) is 20.9. The number of rotatable bonds is 1. The number of fused-ring (bicyclic) bond motifs is 1. The fraction of sp³-hybridized carbons (Fsp3) is 0.364. The second kappa shape index (κ2) is 3.80. The fourth-order valence-corrected chi connectivity index (χ4v) is 1.80. The first kappa shape index (κ1) is 9.21. The van der Waals surface area contributed by atoms with Gasteiger partial charge >= 0.3 is 0 Å². The van der Waals surface area contributed by atoms with E-state index in [9.17, 15) is 4.79 Å². The Bertz CT molecular complexity index is 349. The molecule has 2 N–H and O–H groups in total. The highest BCUT2D eigenvalue weighted by Gasteiger charge is 2.18. The molecule has 74 valence electrons. The van der Waals surface area contributed by atoms with E-state index in [-0.39, 0.29) is 11.9 Å². The van der Waals surface area contributed by atoms with Crippen LogP contribution >= 0.6 is 0 Å². The van der Waals surface area contributed by atoms with Gasteiger partial charge in [0.1, 0.15) is 0 Å². The lowest BCUT2D eigenvalue weighted by atomic mass is 10.0. The van der Waals surface area contributed by atoms with Crippen LogP contribution in [0.1, 0.15) is 24.9 Å². The molecule has 0 bridgehead atoms. The van der Waals surface area contributed by atoms with Crippen molar-refractivity contribution in [3.63, 3.8) is 0 Å². The smallest absolute Gasteiger partial charge is 0.238 e. The molecule has 1 aliphatic rings. The Morgan fingerprint density at radius 3 is 3.00 bits per heavy atom. The van der Waals surface area contributed by atoms with Crippen molar-refractivity contribution in [2.24, 2.45) is 0 Å². The highest BCUT2D eigenvalue weighted by atomic mass is 16.1. The van der Waals surface area contributed by atoms with Gasteiger partial charge in [-0.25, -0.2) is 0 Å². The van der Waals surface area contributed by atoms with Crippen LogP contribution in [0.25, 0.3) is 0 Å². The maximum atomic E-state index is 11.3. The molecule has 0 radical (unpaired) electrons. The van der Waals surface area contributed by atoms with E-state index >= 15 is 0 Å². The van der Waals surface area contributed by atoms with Gasteiger partial charge in [0.15, 0.2) is 0 Å². The van der Waals surface area contributed by atoms with Gasteiger partial charge in [-0.3, -0.25) is 4.79 Å². The van der Waals surface area contributed by atoms with Crippen LogP contribution in [0.5, 0.6) is 0 Å². The maximum Gasteiger partial charge on any atom is 0.238 e. The second-order valence-electron chi connectivity index (χ2n) is 3.48. The van der Waals surface area contributed by atoms with Gasteiger partial charge in [0.25, 0.3) is 0 Å². The van der Waals surface area contributed by atoms with Gasteiger partial charge in [-0.15, -0.1) is 0 Å². The minimum Gasteiger partial charge on any atom is -0.325 e. The van der Waals surface area contributed by atoms with E-state index < -0.39 is 0 Å². The third-order valence-electron chi connectivity index (χ3n) is 2.53. The highest BCUT2D eigenvalue weighted by molar-refractivity contribution is 5.93. The molecule has 1 heterocycles. The van der Waals surface area contributed by atoms with Crippen molar-refractivity contribution in [2.75, 3.05) is 11.9 Å². The summed E-state index contributed by atoms with van der Waals surface area (Å²) in [4.78, 5) is 11.3. The summed E-state index contributed by atoms with van der Waals surface area (Å²) >= 11 is 0. The summed E-state index contributed by atoms with van der Waals surface area (Å²) in [6, 6.07) is 8.23. The van der Waals surface area contributed by atoms with Crippen LogP contribution in [0.2, 0.25) is 0 Å². The number of carbonyl (C=O) groups excluding carboxylic acids is 1. The van der Waals surface area contributed by atoms with Gasteiger partial charge in [0.2, 0.25) is 5.91 Å². The van der Waals surface area contributed by atoms with Crippen molar-refractivity contribution >= 4 is 11.6 Å². The van der Waals surface area contributed by atoms with Crippen molar-refractivity contribution in [1.82, 2.24) is 5.32 Å². The zero-order valence-corrected chi connectivity index (χ0v) is 8.21. The first-order valence-electron chi connectivity index (χ1n) is 4.93.